The number of carbonyl (C=O) groups excluding carboxylic acids is 1. The molecule has 0 fully saturated rings. The van der Waals surface area contributed by atoms with Crippen molar-refractivity contribution in [3.63, 3.8) is 0 Å². The summed E-state index contributed by atoms with van der Waals surface area (Å²) in [5.41, 5.74) is 1.82. The van der Waals surface area contributed by atoms with Crippen molar-refractivity contribution in [2.75, 3.05) is 20.8 Å². The molecule has 2 heterocycles. The van der Waals surface area contributed by atoms with Crippen molar-refractivity contribution in [3.8, 4) is 17.2 Å². The average Bonchev–Trinajstić information content (AvgIpc) is 3.22. The molecule has 1 N–H and O–H groups in total. The fraction of sp³-hybridized carbons (Fsp3) is 0.207. The third-order valence-corrected chi connectivity index (χ3v) is 7.41. The quantitative estimate of drug-likeness (QED) is 0.382. The van der Waals surface area contributed by atoms with Crippen LogP contribution in [0.25, 0.3) is 16.8 Å². The maximum atomic E-state index is 14.0. The molecule has 0 aliphatic carbocycles. The third-order valence-electron chi connectivity index (χ3n) is 6.43. The van der Waals surface area contributed by atoms with Crippen molar-refractivity contribution in [3.05, 3.63) is 96.7 Å². The molecule has 4 aromatic rings. The molecule has 38 heavy (non-hydrogen) atoms. The lowest BCUT2D eigenvalue weighted by atomic mass is 9.90. The van der Waals surface area contributed by atoms with E-state index in [0.717, 1.165) is 16.3 Å². The van der Waals surface area contributed by atoms with Crippen molar-refractivity contribution in [1.29, 1.82) is 0 Å². The molecule has 1 aliphatic heterocycles. The van der Waals surface area contributed by atoms with Gasteiger partial charge in [-0.05, 0) is 66.6 Å². The van der Waals surface area contributed by atoms with Crippen molar-refractivity contribution in [2.24, 2.45) is 4.99 Å². The Kier molecular flexibility index (Phi) is 6.77. The molecule has 3 aromatic carbocycles. The summed E-state index contributed by atoms with van der Waals surface area (Å²) < 4.78 is 18.7. The summed E-state index contributed by atoms with van der Waals surface area (Å²) in [4.78, 5) is 32.4. The molecule has 5 rings (SSSR count). The lowest BCUT2D eigenvalue weighted by Crippen LogP contribution is -2.40. The first-order valence-corrected chi connectivity index (χ1v) is 12.8. The Labute approximate surface area is 222 Å². The molecule has 1 unspecified atom stereocenters. The molecule has 0 saturated carbocycles. The van der Waals surface area contributed by atoms with Gasteiger partial charge in [-0.2, -0.15) is 0 Å². The Morgan fingerprint density at radius 2 is 1.84 bits per heavy atom. The maximum Gasteiger partial charge on any atom is 0.338 e. The number of aromatic nitrogens is 1. The molecule has 0 saturated heterocycles. The zero-order valence-corrected chi connectivity index (χ0v) is 22.2. The van der Waals surface area contributed by atoms with Crippen LogP contribution in [0.4, 0.5) is 0 Å². The highest BCUT2D eigenvalue weighted by molar-refractivity contribution is 7.07. The van der Waals surface area contributed by atoms with Gasteiger partial charge in [0, 0.05) is 5.56 Å². The number of hydrogen-bond acceptors (Lipinski definition) is 8. The van der Waals surface area contributed by atoms with Gasteiger partial charge in [-0.15, -0.1) is 0 Å². The predicted molar refractivity (Wildman–Crippen MR) is 146 cm³/mol. The molecule has 0 spiro atoms. The Hall–Kier alpha value is -4.37. The molecule has 0 amide bonds. The van der Waals surface area contributed by atoms with Gasteiger partial charge in [0.15, 0.2) is 4.80 Å². The van der Waals surface area contributed by atoms with Gasteiger partial charge in [-0.25, -0.2) is 9.79 Å². The van der Waals surface area contributed by atoms with Crippen molar-refractivity contribution in [1.82, 2.24) is 4.57 Å². The Bertz CT molecular complexity index is 1760. The van der Waals surface area contributed by atoms with Crippen LogP contribution in [0.5, 0.6) is 17.2 Å². The molecule has 8 nitrogen and oxygen atoms in total. The van der Waals surface area contributed by atoms with Crippen LogP contribution in [0.1, 0.15) is 31.0 Å². The van der Waals surface area contributed by atoms with Gasteiger partial charge in [0.25, 0.3) is 5.56 Å². The summed E-state index contributed by atoms with van der Waals surface area (Å²) in [6.45, 7) is 3.65. The number of esters is 1. The van der Waals surface area contributed by atoms with Crippen LogP contribution in [0.2, 0.25) is 0 Å². The Morgan fingerprint density at radius 1 is 1.11 bits per heavy atom. The van der Waals surface area contributed by atoms with E-state index in [1.165, 1.54) is 15.9 Å². The van der Waals surface area contributed by atoms with E-state index in [1.807, 2.05) is 30.3 Å². The minimum Gasteiger partial charge on any atom is -0.508 e. The fourth-order valence-electron chi connectivity index (χ4n) is 4.68. The number of phenolic OH excluding ortho intramolecular Hbond substituents is 1. The highest BCUT2D eigenvalue weighted by Crippen LogP contribution is 2.41. The Morgan fingerprint density at radius 3 is 2.53 bits per heavy atom. The summed E-state index contributed by atoms with van der Waals surface area (Å²) in [6, 6.07) is 15.1. The topological polar surface area (TPSA) is 99.4 Å². The van der Waals surface area contributed by atoms with E-state index in [1.54, 1.807) is 58.4 Å². The number of aromatic hydroxyl groups is 1. The fourth-order valence-corrected chi connectivity index (χ4v) is 5.72. The summed E-state index contributed by atoms with van der Waals surface area (Å²) in [5.74, 6) is 0.732. The summed E-state index contributed by atoms with van der Waals surface area (Å²) >= 11 is 1.23. The van der Waals surface area contributed by atoms with Crippen molar-refractivity contribution in [2.45, 2.75) is 19.9 Å². The lowest BCUT2D eigenvalue weighted by molar-refractivity contribution is -0.139. The van der Waals surface area contributed by atoms with E-state index in [4.69, 9.17) is 14.2 Å². The van der Waals surface area contributed by atoms with E-state index < -0.39 is 12.0 Å². The number of ether oxygens (including phenoxy) is 3. The minimum absolute atomic E-state index is 0.136. The minimum atomic E-state index is -0.849. The smallest absolute Gasteiger partial charge is 0.338 e. The van der Waals surface area contributed by atoms with E-state index in [-0.39, 0.29) is 23.5 Å². The number of phenols is 1. The number of nitrogens with zero attached hydrogens (tertiary/aromatic N) is 2. The van der Waals surface area contributed by atoms with Gasteiger partial charge in [0.2, 0.25) is 0 Å². The number of fused-ring (bicyclic) bond motifs is 2. The van der Waals surface area contributed by atoms with Crippen LogP contribution < -0.4 is 24.4 Å². The van der Waals surface area contributed by atoms with Gasteiger partial charge in [-0.3, -0.25) is 9.36 Å². The van der Waals surface area contributed by atoms with Gasteiger partial charge < -0.3 is 19.3 Å². The molecule has 1 aromatic heterocycles. The highest BCUT2D eigenvalue weighted by atomic mass is 32.1. The number of carbonyl (C=O) groups is 1. The molecule has 194 valence electrons. The van der Waals surface area contributed by atoms with Crippen LogP contribution in [-0.2, 0) is 9.53 Å². The standard InChI is InChI=1S/C29H26N2O6S/c1-5-37-28(34)24-16(2)30-29-31(27(33)23(38-29)14-17-6-10-19(32)11-7-17)26(24)25-21-15-20(35-3)12-8-18(21)9-13-22(25)36-4/h6-15,26,32H,5H2,1-4H3. The van der Waals surface area contributed by atoms with E-state index in [0.29, 0.717) is 32.1 Å². The van der Waals surface area contributed by atoms with Gasteiger partial charge >= 0.3 is 5.97 Å². The molecular weight excluding hydrogens is 504 g/mol. The third kappa shape index (κ3) is 4.35. The maximum absolute atomic E-state index is 14.0. The average molecular weight is 531 g/mol. The molecular formula is C29H26N2O6S. The number of allylic oxidation sites excluding steroid dienone is 1. The summed E-state index contributed by atoms with van der Waals surface area (Å²) in [6.07, 6.45) is 1.74. The SMILES string of the molecule is CCOC(=O)C1=C(C)N=c2sc(=Cc3ccc(O)cc3)c(=O)n2C1c1c(OC)ccc2ccc(OC)cc12. The van der Waals surface area contributed by atoms with Crippen LogP contribution in [0, 0.1) is 0 Å². The normalized spacial score (nSPS) is 15.3. The second-order valence-corrected chi connectivity index (χ2v) is 9.67. The molecule has 1 aliphatic rings. The molecule has 0 bridgehead atoms. The van der Waals surface area contributed by atoms with Crippen molar-refractivity contribution < 1.29 is 24.1 Å². The largest absolute Gasteiger partial charge is 0.508 e. The summed E-state index contributed by atoms with van der Waals surface area (Å²) in [7, 11) is 3.14. The Balaban J connectivity index is 1.86. The zero-order valence-electron chi connectivity index (χ0n) is 21.3. The lowest BCUT2D eigenvalue weighted by Gasteiger charge is -2.27. The first kappa shape index (κ1) is 25.3. The molecule has 1 atom stereocenters. The van der Waals surface area contributed by atoms with Crippen LogP contribution >= 0.6 is 11.3 Å². The van der Waals surface area contributed by atoms with Gasteiger partial charge in [-0.1, -0.05) is 35.6 Å². The second kappa shape index (κ2) is 10.2. The zero-order chi connectivity index (χ0) is 27.0. The van der Waals surface area contributed by atoms with E-state index >= 15 is 0 Å². The number of benzene rings is 3. The molecule has 9 heteroatoms. The number of hydrogen-bond donors (Lipinski definition) is 1. The first-order chi connectivity index (χ1) is 18.4. The van der Waals surface area contributed by atoms with Crippen LogP contribution in [0.15, 0.2) is 75.7 Å². The number of thiazole rings is 1. The summed E-state index contributed by atoms with van der Waals surface area (Å²) in [5, 5.41) is 11.3. The second-order valence-electron chi connectivity index (χ2n) is 8.66. The monoisotopic (exact) mass is 530 g/mol. The molecule has 0 radical (unpaired) electrons. The van der Waals surface area contributed by atoms with Crippen LogP contribution in [-0.4, -0.2) is 36.5 Å². The predicted octanol–water partition coefficient (Wildman–Crippen LogP) is 3.67. The highest BCUT2D eigenvalue weighted by Gasteiger charge is 2.36. The number of methoxy groups -OCH3 is 2. The van der Waals surface area contributed by atoms with Gasteiger partial charge in [0.05, 0.1) is 36.6 Å². The van der Waals surface area contributed by atoms with Crippen molar-refractivity contribution >= 4 is 34.2 Å². The first-order valence-electron chi connectivity index (χ1n) is 12.0. The number of rotatable bonds is 6. The van der Waals surface area contributed by atoms with Crippen LogP contribution in [0.3, 0.4) is 0 Å². The van der Waals surface area contributed by atoms with E-state index in [9.17, 15) is 14.7 Å². The van der Waals surface area contributed by atoms with E-state index in [2.05, 4.69) is 4.99 Å². The van der Waals surface area contributed by atoms with Gasteiger partial charge in [0.1, 0.15) is 23.3 Å².